The monoisotopic (exact) mass is 111 g/mol. The molecule has 0 aliphatic heterocycles. The first-order valence-corrected chi connectivity index (χ1v) is 3.50. The lowest BCUT2D eigenvalue weighted by Crippen LogP contribution is -2.20. The third-order valence-corrected chi connectivity index (χ3v) is 2.10. The molecule has 8 heavy (non-hydrogen) atoms. The zero-order valence-corrected chi connectivity index (χ0v) is 5.78. The Labute approximate surface area is 52.3 Å². The molecule has 0 radical (unpaired) electrons. The second-order valence-electron chi connectivity index (χ2n) is 2.90. The molecule has 0 amide bonds. The molecule has 0 spiro atoms. The van der Waals surface area contributed by atoms with Gasteiger partial charge in [0.2, 0.25) is 0 Å². The number of nitrogens with one attached hydrogen (secondary N) is 1. The SMILES string of the molecule is B[C@H]1CC[C@@H](NC)C1. The van der Waals surface area contributed by atoms with Crippen LogP contribution in [0.5, 0.6) is 0 Å². The molecule has 0 saturated heterocycles. The predicted octanol–water partition coefficient (Wildman–Crippen LogP) is 0.180. The molecule has 1 nitrogen and oxygen atoms in total. The highest BCUT2D eigenvalue weighted by molar-refractivity contribution is 6.11. The Morgan fingerprint density at radius 1 is 1.50 bits per heavy atom. The summed E-state index contributed by atoms with van der Waals surface area (Å²) in [6, 6.07) is 0.824. The van der Waals surface area contributed by atoms with Gasteiger partial charge in [-0.2, -0.15) is 0 Å². The highest BCUT2D eigenvalue weighted by Crippen LogP contribution is 2.26. The van der Waals surface area contributed by atoms with Crippen molar-refractivity contribution in [3.8, 4) is 0 Å². The summed E-state index contributed by atoms with van der Waals surface area (Å²) in [5, 5.41) is 3.29. The highest BCUT2D eigenvalue weighted by Gasteiger charge is 2.18. The van der Waals surface area contributed by atoms with E-state index in [0.29, 0.717) is 0 Å². The Morgan fingerprint density at radius 3 is 2.50 bits per heavy atom. The van der Waals surface area contributed by atoms with Crippen LogP contribution in [-0.4, -0.2) is 20.9 Å². The van der Waals surface area contributed by atoms with Gasteiger partial charge in [0.1, 0.15) is 7.85 Å². The summed E-state index contributed by atoms with van der Waals surface area (Å²) >= 11 is 0. The van der Waals surface area contributed by atoms with Crippen molar-refractivity contribution in [2.45, 2.75) is 31.1 Å². The summed E-state index contributed by atoms with van der Waals surface area (Å²) in [5.41, 5.74) is 0. The minimum absolute atomic E-state index is 0.824. The topological polar surface area (TPSA) is 12.0 Å². The third kappa shape index (κ3) is 1.25. The molecule has 0 bridgehead atoms. The fraction of sp³-hybridized carbons (Fsp3) is 1.00. The van der Waals surface area contributed by atoms with Crippen LogP contribution in [-0.2, 0) is 0 Å². The lowest BCUT2D eigenvalue weighted by molar-refractivity contribution is 0.582. The van der Waals surface area contributed by atoms with Crippen LogP contribution in [0.25, 0.3) is 0 Å². The van der Waals surface area contributed by atoms with Crippen molar-refractivity contribution in [2.75, 3.05) is 7.05 Å². The normalized spacial score (nSPS) is 38.1. The van der Waals surface area contributed by atoms with Gasteiger partial charge in [-0.25, -0.2) is 0 Å². The lowest BCUT2D eigenvalue weighted by Gasteiger charge is -2.04. The van der Waals surface area contributed by atoms with Gasteiger partial charge >= 0.3 is 0 Å². The van der Waals surface area contributed by atoms with E-state index in [1.54, 1.807) is 0 Å². The third-order valence-electron chi connectivity index (χ3n) is 2.10. The summed E-state index contributed by atoms with van der Waals surface area (Å²) in [4.78, 5) is 0. The molecular weight excluding hydrogens is 96.9 g/mol. The van der Waals surface area contributed by atoms with Crippen molar-refractivity contribution in [1.29, 1.82) is 0 Å². The molecule has 1 saturated carbocycles. The van der Waals surface area contributed by atoms with Gasteiger partial charge in [-0.1, -0.05) is 12.2 Å². The van der Waals surface area contributed by atoms with Crippen LogP contribution < -0.4 is 5.32 Å². The Balaban J connectivity index is 2.22. The average molecular weight is 111 g/mol. The summed E-state index contributed by atoms with van der Waals surface area (Å²) in [5.74, 6) is 0.965. The van der Waals surface area contributed by atoms with Gasteiger partial charge in [0.25, 0.3) is 0 Å². The van der Waals surface area contributed by atoms with Crippen molar-refractivity contribution in [3.63, 3.8) is 0 Å². The summed E-state index contributed by atoms with van der Waals surface area (Å²) in [6.07, 6.45) is 4.19. The van der Waals surface area contributed by atoms with Gasteiger partial charge in [-0.3, -0.25) is 0 Å². The summed E-state index contributed by atoms with van der Waals surface area (Å²) in [7, 11) is 4.39. The average Bonchev–Trinajstić information content (AvgIpc) is 2.14. The minimum atomic E-state index is 0.824. The molecule has 1 fully saturated rings. The number of rotatable bonds is 1. The predicted molar refractivity (Wildman–Crippen MR) is 39.0 cm³/mol. The molecule has 2 heteroatoms. The van der Waals surface area contributed by atoms with Crippen LogP contribution in [0.4, 0.5) is 0 Å². The van der Waals surface area contributed by atoms with E-state index in [-0.39, 0.29) is 0 Å². The second kappa shape index (κ2) is 2.54. The van der Waals surface area contributed by atoms with E-state index < -0.39 is 0 Å². The lowest BCUT2D eigenvalue weighted by atomic mass is 9.86. The molecular formula is C6H14BN. The van der Waals surface area contributed by atoms with E-state index in [9.17, 15) is 0 Å². The van der Waals surface area contributed by atoms with E-state index in [1.807, 2.05) is 0 Å². The fourth-order valence-corrected chi connectivity index (χ4v) is 1.47. The molecule has 1 aliphatic carbocycles. The molecule has 1 aliphatic rings. The molecule has 0 aromatic carbocycles. The van der Waals surface area contributed by atoms with Crippen molar-refractivity contribution in [3.05, 3.63) is 0 Å². The summed E-state index contributed by atoms with van der Waals surface area (Å²) < 4.78 is 0. The van der Waals surface area contributed by atoms with Gasteiger partial charge in [0.05, 0.1) is 0 Å². The van der Waals surface area contributed by atoms with Crippen molar-refractivity contribution >= 4 is 7.85 Å². The molecule has 0 aromatic heterocycles. The van der Waals surface area contributed by atoms with Gasteiger partial charge in [0.15, 0.2) is 0 Å². The maximum atomic E-state index is 3.29. The van der Waals surface area contributed by atoms with Crippen LogP contribution in [0.3, 0.4) is 0 Å². The first kappa shape index (κ1) is 6.15. The van der Waals surface area contributed by atoms with Crippen molar-refractivity contribution < 1.29 is 0 Å². The van der Waals surface area contributed by atoms with Crippen molar-refractivity contribution in [1.82, 2.24) is 5.32 Å². The largest absolute Gasteiger partial charge is 0.317 e. The molecule has 1 rings (SSSR count). The van der Waals surface area contributed by atoms with Crippen LogP contribution in [0.15, 0.2) is 0 Å². The first-order chi connectivity index (χ1) is 3.83. The zero-order chi connectivity index (χ0) is 5.98. The number of hydrogen-bond donors (Lipinski definition) is 1. The first-order valence-electron chi connectivity index (χ1n) is 3.50. The molecule has 0 aromatic rings. The summed E-state index contributed by atoms with van der Waals surface area (Å²) in [6.45, 7) is 0. The quantitative estimate of drug-likeness (QED) is 0.476. The Bertz CT molecular complexity index is 74.9. The Morgan fingerprint density at radius 2 is 2.25 bits per heavy atom. The maximum Gasteiger partial charge on any atom is 0.105 e. The molecule has 2 atom stereocenters. The van der Waals surface area contributed by atoms with Gasteiger partial charge in [-0.15, -0.1) is 0 Å². The minimum Gasteiger partial charge on any atom is -0.317 e. The standard InChI is InChI=1S/C6H14BN/c1-8-6-3-2-5(7)4-6/h5-6,8H,2-4,7H2,1H3/t5-,6+/m0/s1. The van der Waals surface area contributed by atoms with Gasteiger partial charge < -0.3 is 5.32 Å². The van der Waals surface area contributed by atoms with E-state index >= 15 is 0 Å². The van der Waals surface area contributed by atoms with Crippen LogP contribution in [0.2, 0.25) is 5.82 Å². The molecule has 46 valence electrons. The van der Waals surface area contributed by atoms with Gasteiger partial charge in [-0.05, 0) is 19.9 Å². The van der Waals surface area contributed by atoms with Crippen molar-refractivity contribution in [2.24, 2.45) is 0 Å². The maximum absolute atomic E-state index is 3.29. The molecule has 1 N–H and O–H groups in total. The Kier molecular flexibility index (Phi) is 1.95. The molecule has 0 heterocycles. The molecule has 0 unspecified atom stereocenters. The fourth-order valence-electron chi connectivity index (χ4n) is 1.47. The van der Waals surface area contributed by atoms with E-state index in [0.717, 1.165) is 11.9 Å². The van der Waals surface area contributed by atoms with Crippen LogP contribution in [0, 0.1) is 0 Å². The van der Waals surface area contributed by atoms with Gasteiger partial charge in [0, 0.05) is 6.04 Å². The number of hydrogen-bond acceptors (Lipinski definition) is 1. The van der Waals surface area contributed by atoms with Crippen LogP contribution >= 0.6 is 0 Å². The Hall–Kier alpha value is 0.0249. The van der Waals surface area contributed by atoms with E-state index in [1.165, 1.54) is 19.3 Å². The van der Waals surface area contributed by atoms with E-state index in [4.69, 9.17) is 0 Å². The van der Waals surface area contributed by atoms with Crippen LogP contribution in [0.1, 0.15) is 19.3 Å². The van der Waals surface area contributed by atoms with E-state index in [2.05, 4.69) is 20.2 Å². The zero-order valence-electron chi connectivity index (χ0n) is 5.78. The second-order valence-corrected chi connectivity index (χ2v) is 2.90. The smallest absolute Gasteiger partial charge is 0.105 e. The highest BCUT2D eigenvalue weighted by atomic mass is 14.9.